The average molecular weight is 300 g/mol. The normalized spacial score (nSPS) is 22.3. The van der Waals surface area contributed by atoms with Gasteiger partial charge in [0.05, 0.1) is 16.8 Å². The highest BCUT2D eigenvalue weighted by atomic mass is 35.5. The van der Waals surface area contributed by atoms with Gasteiger partial charge in [-0.05, 0) is 43.9 Å². The maximum atomic E-state index is 9.47. The van der Waals surface area contributed by atoms with Crippen LogP contribution in [0, 0.1) is 17.2 Å². The largest absolute Gasteiger partial charge is 0.367 e. The van der Waals surface area contributed by atoms with Gasteiger partial charge in [-0.25, -0.2) is 0 Å². The number of hydrogen-bond acceptors (Lipinski definition) is 3. The molecular weight excluding hydrogens is 282 g/mol. The molecule has 4 heteroatoms. The van der Waals surface area contributed by atoms with Gasteiger partial charge in [-0.2, -0.15) is 5.26 Å². The molecule has 3 nitrogen and oxygen atoms in total. The molecule has 1 aromatic carbocycles. The summed E-state index contributed by atoms with van der Waals surface area (Å²) in [6.07, 6.45) is 3.98. The Kier molecular flexibility index (Phi) is 3.73. The first-order valence-electron chi connectivity index (χ1n) is 7.35. The third-order valence-electron chi connectivity index (χ3n) is 4.35. The SMILES string of the molecule is C[C@H]1CCN(c2c(C#N)cnc3ccc(Cl)cc23)[C@H](C)C1. The summed E-state index contributed by atoms with van der Waals surface area (Å²) in [5, 5.41) is 11.1. The molecule has 2 aromatic rings. The van der Waals surface area contributed by atoms with Crippen LogP contribution in [0.2, 0.25) is 5.02 Å². The third kappa shape index (κ3) is 2.56. The molecule has 1 aliphatic heterocycles. The number of halogens is 1. The Bertz CT molecular complexity index is 720. The highest BCUT2D eigenvalue weighted by Crippen LogP contribution is 2.36. The van der Waals surface area contributed by atoms with Crippen molar-refractivity contribution in [2.75, 3.05) is 11.4 Å². The minimum Gasteiger partial charge on any atom is -0.367 e. The number of pyridine rings is 1. The molecule has 0 amide bonds. The lowest BCUT2D eigenvalue weighted by molar-refractivity contribution is 0.378. The topological polar surface area (TPSA) is 39.9 Å². The van der Waals surface area contributed by atoms with Gasteiger partial charge in [-0.1, -0.05) is 18.5 Å². The summed E-state index contributed by atoms with van der Waals surface area (Å²) in [5.41, 5.74) is 2.51. The number of aromatic nitrogens is 1. The fourth-order valence-corrected chi connectivity index (χ4v) is 3.45. The van der Waals surface area contributed by atoms with Crippen LogP contribution in [0.5, 0.6) is 0 Å². The summed E-state index contributed by atoms with van der Waals surface area (Å²) in [7, 11) is 0. The molecule has 21 heavy (non-hydrogen) atoms. The molecule has 1 saturated heterocycles. The molecule has 0 radical (unpaired) electrons. The fraction of sp³-hybridized carbons (Fsp3) is 0.412. The second-order valence-electron chi connectivity index (χ2n) is 5.97. The maximum absolute atomic E-state index is 9.47. The lowest BCUT2D eigenvalue weighted by Crippen LogP contribution is -2.40. The zero-order valence-corrected chi connectivity index (χ0v) is 13.1. The van der Waals surface area contributed by atoms with Gasteiger partial charge in [0.1, 0.15) is 6.07 Å². The van der Waals surface area contributed by atoms with Crippen molar-refractivity contribution in [2.45, 2.75) is 32.7 Å². The van der Waals surface area contributed by atoms with Crippen molar-refractivity contribution in [3.05, 3.63) is 35.0 Å². The van der Waals surface area contributed by atoms with Crippen LogP contribution < -0.4 is 4.90 Å². The number of fused-ring (bicyclic) bond motifs is 1. The molecule has 0 aliphatic carbocycles. The van der Waals surface area contributed by atoms with E-state index in [1.807, 2.05) is 18.2 Å². The highest BCUT2D eigenvalue weighted by molar-refractivity contribution is 6.31. The van der Waals surface area contributed by atoms with E-state index in [0.29, 0.717) is 16.6 Å². The monoisotopic (exact) mass is 299 g/mol. The minimum atomic E-state index is 0.422. The van der Waals surface area contributed by atoms with Gasteiger partial charge >= 0.3 is 0 Å². The first kappa shape index (κ1) is 14.2. The van der Waals surface area contributed by atoms with E-state index in [9.17, 15) is 5.26 Å². The van der Waals surface area contributed by atoms with Crippen molar-refractivity contribution in [1.29, 1.82) is 5.26 Å². The summed E-state index contributed by atoms with van der Waals surface area (Å²) in [5.74, 6) is 0.735. The summed E-state index contributed by atoms with van der Waals surface area (Å²) in [6.45, 7) is 5.50. The van der Waals surface area contributed by atoms with E-state index in [-0.39, 0.29) is 0 Å². The molecule has 1 aliphatic rings. The van der Waals surface area contributed by atoms with Crippen molar-refractivity contribution in [2.24, 2.45) is 5.92 Å². The van der Waals surface area contributed by atoms with Crippen LogP contribution in [-0.4, -0.2) is 17.6 Å². The minimum absolute atomic E-state index is 0.422. The molecule has 1 fully saturated rings. The molecule has 2 heterocycles. The van der Waals surface area contributed by atoms with Gasteiger partial charge < -0.3 is 4.90 Å². The van der Waals surface area contributed by atoms with E-state index >= 15 is 0 Å². The van der Waals surface area contributed by atoms with Gasteiger partial charge in [0.15, 0.2) is 0 Å². The van der Waals surface area contributed by atoms with Gasteiger partial charge in [0.25, 0.3) is 0 Å². The number of rotatable bonds is 1. The summed E-state index contributed by atoms with van der Waals surface area (Å²) in [6, 6.07) is 8.39. The summed E-state index contributed by atoms with van der Waals surface area (Å²) >= 11 is 6.16. The number of nitriles is 1. The molecule has 0 saturated carbocycles. The standard InChI is InChI=1S/C17H18ClN3/c1-11-5-6-21(12(2)7-11)17-13(9-19)10-20-16-4-3-14(18)8-15(16)17/h3-4,8,10-12H,5-7H2,1-2H3/t11-,12+/m0/s1. The maximum Gasteiger partial charge on any atom is 0.103 e. The third-order valence-corrected chi connectivity index (χ3v) is 4.58. The van der Waals surface area contributed by atoms with Gasteiger partial charge in [0.2, 0.25) is 0 Å². The molecule has 108 valence electrons. The Balaban J connectivity index is 2.20. The fourth-order valence-electron chi connectivity index (χ4n) is 3.28. The molecule has 1 aromatic heterocycles. The zero-order chi connectivity index (χ0) is 15.0. The molecule has 0 bridgehead atoms. The van der Waals surface area contributed by atoms with E-state index in [1.54, 1.807) is 6.20 Å². The van der Waals surface area contributed by atoms with E-state index in [4.69, 9.17) is 11.6 Å². The van der Waals surface area contributed by atoms with Crippen molar-refractivity contribution in [3.63, 3.8) is 0 Å². The Labute approximate surface area is 130 Å². The van der Waals surface area contributed by atoms with E-state index in [2.05, 4.69) is 29.8 Å². The predicted octanol–water partition coefficient (Wildman–Crippen LogP) is 4.38. The number of anilines is 1. The van der Waals surface area contributed by atoms with Gasteiger partial charge in [-0.3, -0.25) is 4.98 Å². The quantitative estimate of drug-likeness (QED) is 0.784. The summed E-state index contributed by atoms with van der Waals surface area (Å²) in [4.78, 5) is 6.73. The van der Waals surface area contributed by atoms with E-state index in [1.165, 1.54) is 0 Å². The number of benzene rings is 1. The summed E-state index contributed by atoms with van der Waals surface area (Å²) < 4.78 is 0. The van der Waals surface area contributed by atoms with Crippen LogP contribution in [0.3, 0.4) is 0 Å². The zero-order valence-electron chi connectivity index (χ0n) is 12.3. The van der Waals surface area contributed by atoms with E-state index < -0.39 is 0 Å². The second kappa shape index (κ2) is 5.54. The van der Waals surface area contributed by atoms with Crippen LogP contribution in [0.25, 0.3) is 10.9 Å². The van der Waals surface area contributed by atoms with Crippen LogP contribution in [0.1, 0.15) is 32.3 Å². The first-order valence-corrected chi connectivity index (χ1v) is 7.73. The lowest BCUT2D eigenvalue weighted by Gasteiger charge is -2.39. The first-order chi connectivity index (χ1) is 10.1. The Morgan fingerprint density at radius 1 is 1.38 bits per heavy atom. The van der Waals surface area contributed by atoms with Crippen LogP contribution in [0.4, 0.5) is 5.69 Å². The molecule has 3 rings (SSSR count). The number of nitrogens with zero attached hydrogens (tertiary/aromatic N) is 3. The number of piperidine rings is 1. The van der Waals surface area contributed by atoms with Crippen LogP contribution >= 0.6 is 11.6 Å². The van der Waals surface area contributed by atoms with Crippen molar-refractivity contribution in [1.82, 2.24) is 4.98 Å². The van der Waals surface area contributed by atoms with Crippen molar-refractivity contribution >= 4 is 28.2 Å². The highest BCUT2D eigenvalue weighted by Gasteiger charge is 2.26. The van der Waals surface area contributed by atoms with E-state index in [0.717, 1.165) is 41.9 Å². The van der Waals surface area contributed by atoms with Gasteiger partial charge in [0, 0.05) is 29.2 Å². The van der Waals surface area contributed by atoms with Crippen LogP contribution in [-0.2, 0) is 0 Å². The van der Waals surface area contributed by atoms with Crippen molar-refractivity contribution in [3.8, 4) is 6.07 Å². The molecule has 0 unspecified atom stereocenters. The Morgan fingerprint density at radius 2 is 2.19 bits per heavy atom. The number of hydrogen-bond donors (Lipinski definition) is 0. The second-order valence-corrected chi connectivity index (χ2v) is 6.40. The van der Waals surface area contributed by atoms with Crippen molar-refractivity contribution < 1.29 is 0 Å². The molecule has 0 N–H and O–H groups in total. The average Bonchev–Trinajstić information content (AvgIpc) is 2.46. The van der Waals surface area contributed by atoms with Gasteiger partial charge in [-0.15, -0.1) is 0 Å². The molecule has 2 atom stereocenters. The lowest BCUT2D eigenvalue weighted by atomic mass is 9.92. The molecular formula is C17H18ClN3. The Hall–Kier alpha value is -1.79. The molecule has 0 spiro atoms. The van der Waals surface area contributed by atoms with Crippen LogP contribution in [0.15, 0.2) is 24.4 Å². The Morgan fingerprint density at radius 3 is 2.90 bits per heavy atom. The smallest absolute Gasteiger partial charge is 0.103 e. The predicted molar refractivity (Wildman–Crippen MR) is 86.7 cm³/mol.